The first kappa shape index (κ1) is 14.0. The van der Waals surface area contributed by atoms with Crippen molar-refractivity contribution < 1.29 is 4.42 Å². The van der Waals surface area contributed by atoms with Crippen molar-refractivity contribution in [3.63, 3.8) is 0 Å². The standard InChI is InChI=1S/C12H24N4O/c1-4-6-7-9-16(3)12-15-14-11(17-12)10-13-8-5-2/h13H,4-10H2,1-3H3. The van der Waals surface area contributed by atoms with Gasteiger partial charge in [-0.25, -0.2) is 0 Å². The molecule has 5 heteroatoms. The lowest BCUT2D eigenvalue weighted by atomic mass is 10.2. The van der Waals surface area contributed by atoms with Gasteiger partial charge in [-0.05, 0) is 19.4 Å². The van der Waals surface area contributed by atoms with Crippen molar-refractivity contribution in [2.24, 2.45) is 0 Å². The van der Waals surface area contributed by atoms with Gasteiger partial charge >= 0.3 is 6.01 Å². The van der Waals surface area contributed by atoms with E-state index in [1.807, 2.05) is 11.9 Å². The number of aromatic nitrogens is 2. The summed E-state index contributed by atoms with van der Waals surface area (Å²) in [5, 5.41) is 11.3. The molecule has 0 aliphatic heterocycles. The van der Waals surface area contributed by atoms with Gasteiger partial charge in [0.25, 0.3) is 0 Å². The zero-order chi connectivity index (χ0) is 12.5. The molecule has 0 atom stereocenters. The second-order valence-electron chi connectivity index (χ2n) is 4.28. The molecule has 1 rings (SSSR count). The van der Waals surface area contributed by atoms with Crippen LogP contribution in [0, 0.1) is 0 Å². The fourth-order valence-electron chi connectivity index (χ4n) is 1.54. The minimum absolute atomic E-state index is 0.620. The summed E-state index contributed by atoms with van der Waals surface area (Å²) in [7, 11) is 1.99. The highest BCUT2D eigenvalue weighted by atomic mass is 16.4. The molecule has 0 spiro atoms. The average Bonchev–Trinajstić information content (AvgIpc) is 2.78. The monoisotopic (exact) mass is 240 g/mol. The molecule has 0 aromatic carbocycles. The molecule has 1 heterocycles. The van der Waals surface area contributed by atoms with Gasteiger partial charge in [-0.2, -0.15) is 0 Å². The summed E-state index contributed by atoms with van der Waals surface area (Å²) in [5.74, 6) is 0.663. The Balaban J connectivity index is 2.33. The van der Waals surface area contributed by atoms with E-state index in [4.69, 9.17) is 4.42 Å². The van der Waals surface area contributed by atoms with Gasteiger partial charge in [-0.3, -0.25) is 0 Å². The SMILES string of the molecule is CCCCCN(C)c1nnc(CNCCC)o1. The van der Waals surface area contributed by atoms with Gasteiger partial charge in [-0.1, -0.05) is 31.8 Å². The third kappa shape index (κ3) is 5.17. The van der Waals surface area contributed by atoms with Crippen LogP contribution in [0.5, 0.6) is 0 Å². The molecule has 5 nitrogen and oxygen atoms in total. The molecular weight excluding hydrogens is 216 g/mol. The largest absolute Gasteiger partial charge is 0.407 e. The maximum absolute atomic E-state index is 5.56. The molecule has 1 N–H and O–H groups in total. The maximum Gasteiger partial charge on any atom is 0.317 e. The predicted octanol–water partition coefficient (Wildman–Crippen LogP) is 2.20. The van der Waals surface area contributed by atoms with Crippen LogP contribution in [0.2, 0.25) is 0 Å². The van der Waals surface area contributed by atoms with Crippen LogP contribution >= 0.6 is 0 Å². The Morgan fingerprint density at radius 1 is 1.18 bits per heavy atom. The number of anilines is 1. The average molecular weight is 240 g/mol. The third-order valence-electron chi connectivity index (χ3n) is 2.58. The van der Waals surface area contributed by atoms with Crippen molar-refractivity contribution in [3.8, 4) is 0 Å². The Morgan fingerprint density at radius 3 is 2.71 bits per heavy atom. The summed E-state index contributed by atoms with van der Waals surface area (Å²) in [6.07, 6.45) is 4.74. The fourth-order valence-corrected chi connectivity index (χ4v) is 1.54. The molecule has 0 saturated heterocycles. The first-order chi connectivity index (χ1) is 8.27. The lowest BCUT2D eigenvalue weighted by molar-refractivity contribution is 0.464. The maximum atomic E-state index is 5.56. The van der Waals surface area contributed by atoms with E-state index in [0.717, 1.165) is 19.5 Å². The predicted molar refractivity (Wildman–Crippen MR) is 69.1 cm³/mol. The first-order valence-corrected chi connectivity index (χ1v) is 6.52. The Kier molecular flexibility index (Phi) is 6.62. The number of hydrogen-bond donors (Lipinski definition) is 1. The van der Waals surface area contributed by atoms with Crippen LogP contribution in [0.1, 0.15) is 45.4 Å². The molecule has 0 unspecified atom stereocenters. The van der Waals surface area contributed by atoms with Crippen molar-refractivity contribution >= 4 is 6.01 Å². The van der Waals surface area contributed by atoms with Gasteiger partial charge in [0.2, 0.25) is 5.89 Å². The Morgan fingerprint density at radius 2 is 2.00 bits per heavy atom. The van der Waals surface area contributed by atoms with Gasteiger partial charge < -0.3 is 14.6 Å². The minimum Gasteiger partial charge on any atom is -0.407 e. The lowest BCUT2D eigenvalue weighted by Crippen LogP contribution is -2.18. The molecule has 0 radical (unpaired) electrons. The van der Waals surface area contributed by atoms with E-state index in [2.05, 4.69) is 29.4 Å². The molecule has 0 fully saturated rings. The van der Waals surface area contributed by atoms with Crippen molar-refractivity contribution in [2.45, 2.75) is 46.1 Å². The second-order valence-corrected chi connectivity index (χ2v) is 4.28. The second kappa shape index (κ2) is 8.06. The van der Waals surface area contributed by atoms with Gasteiger partial charge in [0, 0.05) is 13.6 Å². The number of nitrogens with one attached hydrogen (secondary N) is 1. The lowest BCUT2D eigenvalue weighted by Gasteiger charge is -2.12. The van der Waals surface area contributed by atoms with E-state index >= 15 is 0 Å². The van der Waals surface area contributed by atoms with Gasteiger partial charge in [0.05, 0.1) is 6.54 Å². The van der Waals surface area contributed by atoms with Crippen LogP contribution in [0.4, 0.5) is 6.01 Å². The summed E-state index contributed by atoms with van der Waals surface area (Å²) in [4.78, 5) is 2.02. The highest BCUT2D eigenvalue weighted by Gasteiger charge is 2.09. The van der Waals surface area contributed by atoms with E-state index in [-0.39, 0.29) is 0 Å². The summed E-state index contributed by atoms with van der Waals surface area (Å²) in [6, 6.07) is 0.620. The molecule has 1 aromatic heterocycles. The van der Waals surface area contributed by atoms with E-state index in [0.29, 0.717) is 18.5 Å². The number of rotatable bonds is 9. The van der Waals surface area contributed by atoms with Crippen molar-refractivity contribution in [3.05, 3.63) is 5.89 Å². The van der Waals surface area contributed by atoms with E-state index in [9.17, 15) is 0 Å². The zero-order valence-electron chi connectivity index (χ0n) is 11.2. The van der Waals surface area contributed by atoms with E-state index in [1.54, 1.807) is 0 Å². The van der Waals surface area contributed by atoms with Crippen molar-refractivity contribution in [1.82, 2.24) is 15.5 Å². The van der Waals surface area contributed by atoms with E-state index in [1.165, 1.54) is 19.3 Å². The smallest absolute Gasteiger partial charge is 0.317 e. The summed E-state index contributed by atoms with van der Waals surface area (Å²) < 4.78 is 5.56. The Bertz CT molecular complexity index is 300. The Labute approximate surface area is 104 Å². The Hall–Kier alpha value is -1.10. The van der Waals surface area contributed by atoms with Crippen LogP contribution in [-0.4, -0.2) is 30.3 Å². The van der Waals surface area contributed by atoms with Gasteiger partial charge in [0.1, 0.15) is 0 Å². The highest BCUT2D eigenvalue weighted by Crippen LogP contribution is 2.11. The summed E-state index contributed by atoms with van der Waals surface area (Å²) in [6.45, 7) is 6.93. The minimum atomic E-state index is 0.620. The zero-order valence-corrected chi connectivity index (χ0v) is 11.2. The fraction of sp³-hybridized carbons (Fsp3) is 0.833. The van der Waals surface area contributed by atoms with Crippen molar-refractivity contribution in [2.75, 3.05) is 25.0 Å². The van der Waals surface area contributed by atoms with E-state index < -0.39 is 0 Å². The molecule has 0 saturated carbocycles. The molecule has 17 heavy (non-hydrogen) atoms. The van der Waals surface area contributed by atoms with Crippen LogP contribution in [0.25, 0.3) is 0 Å². The van der Waals surface area contributed by atoms with Crippen LogP contribution in [0.3, 0.4) is 0 Å². The number of nitrogens with zero attached hydrogens (tertiary/aromatic N) is 3. The molecule has 0 aliphatic carbocycles. The molecular formula is C12H24N4O. The number of hydrogen-bond acceptors (Lipinski definition) is 5. The molecule has 0 bridgehead atoms. The van der Waals surface area contributed by atoms with Crippen LogP contribution in [0.15, 0.2) is 4.42 Å². The summed E-state index contributed by atoms with van der Waals surface area (Å²) >= 11 is 0. The normalized spacial score (nSPS) is 10.8. The van der Waals surface area contributed by atoms with Crippen molar-refractivity contribution in [1.29, 1.82) is 0 Å². The number of unbranched alkanes of at least 4 members (excludes halogenated alkanes) is 2. The molecule has 98 valence electrons. The topological polar surface area (TPSA) is 54.2 Å². The molecule has 0 aliphatic rings. The molecule has 0 amide bonds. The third-order valence-corrected chi connectivity index (χ3v) is 2.58. The molecule has 1 aromatic rings. The first-order valence-electron chi connectivity index (χ1n) is 6.52. The summed E-state index contributed by atoms with van der Waals surface area (Å²) in [5.41, 5.74) is 0. The highest BCUT2D eigenvalue weighted by molar-refractivity contribution is 5.21. The van der Waals surface area contributed by atoms with Crippen LogP contribution in [-0.2, 0) is 6.54 Å². The quantitative estimate of drug-likeness (QED) is 0.671. The van der Waals surface area contributed by atoms with Crippen LogP contribution < -0.4 is 10.2 Å². The van der Waals surface area contributed by atoms with Gasteiger partial charge in [-0.15, -0.1) is 5.10 Å². The van der Waals surface area contributed by atoms with Gasteiger partial charge in [0.15, 0.2) is 0 Å².